The van der Waals surface area contributed by atoms with E-state index in [0.717, 1.165) is 32.1 Å². The molecule has 6 heteroatoms. The summed E-state index contributed by atoms with van der Waals surface area (Å²) in [6.45, 7) is 4.02. The summed E-state index contributed by atoms with van der Waals surface area (Å²) >= 11 is 3.56. The molecule has 0 amide bonds. The molecule has 0 aromatic carbocycles. The van der Waals surface area contributed by atoms with Gasteiger partial charge in [0.1, 0.15) is 0 Å². The zero-order valence-corrected chi connectivity index (χ0v) is 12.7. The third-order valence-electron chi connectivity index (χ3n) is 3.75. The molecule has 100 valence electrons. The van der Waals surface area contributed by atoms with Crippen LogP contribution in [0, 0.1) is 0 Å². The maximum Gasteiger partial charge on any atom is 0.282 e. The summed E-state index contributed by atoms with van der Waals surface area (Å²) in [4.78, 5) is 0.479. The normalized spacial score (nSPS) is 30.6. The second-order valence-electron chi connectivity index (χ2n) is 5.04. The number of alkyl halides is 1. The van der Waals surface area contributed by atoms with E-state index < -0.39 is 10.2 Å². The number of halogens is 1. The van der Waals surface area contributed by atoms with Crippen LogP contribution < -0.4 is 0 Å². The fraction of sp³-hybridized carbons (Fsp3) is 1.00. The Hall–Kier alpha value is 0.350. The number of piperidine rings is 2. The van der Waals surface area contributed by atoms with Gasteiger partial charge in [-0.3, -0.25) is 0 Å². The summed E-state index contributed by atoms with van der Waals surface area (Å²) in [5.41, 5.74) is 0. The molecule has 1 unspecified atom stereocenters. The average Bonchev–Trinajstić information content (AvgIpc) is 2.30. The van der Waals surface area contributed by atoms with Crippen LogP contribution in [0.15, 0.2) is 0 Å². The molecule has 2 fully saturated rings. The van der Waals surface area contributed by atoms with Gasteiger partial charge in [0.25, 0.3) is 10.2 Å². The lowest BCUT2D eigenvalue weighted by molar-refractivity contribution is 0.236. The van der Waals surface area contributed by atoms with E-state index in [9.17, 15) is 8.42 Å². The minimum Gasteiger partial charge on any atom is -0.195 e. The lowest BCUT2D eigenvalue weighted by Gasteiger charge is -2.38. The molecule has 17 heavy (non-hydrogen) atoms. The van der Waals surface area contributed by atoms with Crippen LogP contribution in [0.1, 0.15) is 39.0 Å². The Balaban J connectivity index is 2.07. The van der Waals surface area contributed by atoms with Crippen molar-refractivity contribution >= 4 is 26.1 Å². The van der Waals surface area contributed by atoms with Crippen LogP contribution in [-0.2, 0) is 10.2 Å². The fourth-order valence-corrected chi connectivity index (χ4v) is 4.92. The van der Waals surface area contributed by atoms with Gasteiger partial charge in [0.15, 0.2) is 0 Å². The summed E-state index contributed by atoms with van der Waals surface area (Å²) in [6.07, 6.45) is 4.98. The molecule has 4 nitrogen and oxygen atoms in total. The summed E-state index contributed by atoms with van der Waals surface area (Å²) in [5.74, 6) is 0. The lowest BCUT2D eigenvalue weighted by Crippen LogP contribution is -2.51. The van der Waals surface area contributed by atoms with E-state index in [4.69, 9.17) is 0 Å². The standard InChI is InChI=1S/C11H21BrN2O2S/c1-10-4-2-3-7-14(10)17(15,16)13-8-5-11(12)6-9-13/h10-11H,2-9H2,1H3. The Morgan fingerprint density at radius 2 is 1.71 bits per heavy atom. The third kappa shape index (κ3) is 3.03. The number of nitrogens with zero attached hydrogens (tertiary/aromatic N) is 2. The second kappa shape index (κ2) is 5.55. The molecule has 2 heterocycles. The van der Waals surface area contributed by atoms with Crippen LogP contribution in [-0.4, -0.2) is 47.5 Å². The highest BCUT2D eigenvalue weighted by molar-refractivity contribution is 9.09. The van der Waals surface area contributed by atoms with E-state index in [1.165, 1.54) is 0 Å². The van der Waals surface area contributed by atoms with E-state index >= 15 is 0 Å². The maximum absolute atomic E-state index is 12.5. The molecule has 2 rings (SSSR count). The molecule has 0 aliphatic carbocycles. The summed E-state index contributed by atoms with van der Waals surface area (Å²) < 4.78 is 28.3. The molecular weight excluding hydrogens is 304 g/mol. The van der Waals surface area contributed by atoms with Gasteiger partial charge in [-0.05, 0) is 32.6 Å². The molecule has 0 spiro atoms. The van der Waals surface area contributed by atoms with Gasteiger partial charge in [-0.25, -0.2) is 0 Å². The smallest absolute Gasteiger partial charge is 0.195 e. The van der Waals surface area contributed by atoms with E-state index in [1.807, 2.05) is 6.92 Å². The van der Waals surface area contributed by atoms with Crippen molar-refractivity contribution in [2.45, 2.75) is 49.9 Å². The van der Waals surface area contributed by atoms with E-state index in [2.05, 4.69) is 15.9 Å². The quantitative estimate of drug-likeness (QED) is 0.728. The first-order chi connectivity index (χ1) is 8.01. The topological polar surface area (TPSA) is 40.6 Å². The van der Waals surface area contributed by atoms with Gasteiger partial charge in [-0.1, -0.05) is 22.4 Å². The molecular formula is C11H21BrN2O2S. The molecule has 0 aromatic rings. The summed E-state index contributed by atoms with van der Waals surface area (Å²) in [5, 5.41) is 0. The van der Waals surface area contributed by atoms with Gasteiger partial charge in [0.2, 0.25) is 0 Å². The Bertz CT molecular complexity index is 352. The molecule has 2 aliphatic heterocycles. The van der Waals surface area contributed by atoms with Gasteiger partial charge in [-0.2, -0.15) is 17.0 Å². The molecule has 0 bridgehead atoms. The molecule has 0 N–H and O–H groups in total. The van der Waals surface area contributed by atoms with Crippen molar-refractivity contribution in [1.82, 2.24) is 8.61 Å². The van der Waals surface area contributed by atoms with Crippen LogP contribution in [0.4, 0.5) is 0 Å². The molecule has 2 aliphatic rings. The van der Waals surface area contributed by atoms with Crippen LogP contribution in [0.2, 0.25) is 0 Å². The van der Waals surface area contributed by atoms with Crippen molar-refractivity contribution in [2.24, 2.45) is 0 Å². The first-order valence-corrected chi connectivity index (χ1v) is 8.74. The van der Waals surface area contributed by atoms with Crippen molar-refractivity contribution in [2.75, 3.05) is 19.6 Å². The molecule has 0 radical (unpaired) electrons. The van der Waals surface area contributed by atoms with Gasteiger partial charge >= 0.3 is 0 Å². The number of hydrogen-bond donors (Lipinski definition) is 0. The van der Waals surface area contributed by atoms with Crippen LogP contribution in [0.3, 0.4) is 0 Å². The Labute approximate surface area is 113 Å². The third-order valence-corrected chi connectivity index (χ3v) is 6.82. The zero-order valence-electron chi connectivity index (χ0n) is 10.3. The highest BCUT2D eigenvalue weighted by Crippen LogP contribution is 2.26. The number of rotatable bonds is 2. The summed E-state index contributed by atoms with van der Waals surface area (Å²) in [7, 11) is -3.21. The first-order valence-electron chi connectivity index (χ1n) is 6.43. The van der Waals surface area contributed by atoms with Crippen molar-refractivity contribution in [3.05, 3.63) is 0 Å². The SMILES string of the molecule is CC1CCCCN1S(=O)(=O)N1CCC(Br)CC1. The van der Waals surface area contributed by atoms with E-state index in [0.29, 0.717) is 24.5 Å². The second-order valence-corrected chi connectivity index (χ2v) is 8.21. The van der Waals surface area contributed by atoms with Crippen molar-refractivity contribution in [1.29, 1.82) is 0 Å². The van der Waals surface area contributed by atoms with Crippen molar-refractivity contribution < 1.29 is 8.42 Å². The minimum atomic E-state index is -3.21. The monoisotopic (exact) mass is 324 g/mol. The largest absolute Gasteiger partial charge is 0.282 e. The average molecular weight is 325 g/mol. The molecule has 0 saturated carbocycles. The van der Waals surface area contributed by atoms with E-state index in [1.54, 1.807) is 8.61 Å². The maximum atomic E-state index is 12.5. The van der Waals surface area contributed by atoms with Crippen LogP contribution in [0.5, 0.6) is 0 Å². The zero-order chi connectivity index (χ0) is 12.5. The molecule has 2 saturated heterocycles. The Morgan fingerprint density at radius 1 is 1.06 bits per heavy atom. The van der Waals surface area contributed by atoms with Gasteiger partial charge < -0.3 is 0 Å². The predicted octanol–water partition coefficient (Wildman–Crippen LogP) is 1.96. The van der Waals surface area contributed by atoms with Crippen LogP contribution in [0.25, 0.3) is 0 Å². The highest BCUT2D eigenvalue weighted by atomic mass is 79.9. The van der Waals surface area contributed by atoms with Crippen molar-refractivity contribution in [3.63, 3.8) is 0 Å². The highest BCUT2D eigenvalue weighted by Gasteiger charge is 2.35. The predicted molar refractivity (Wildman–Crippen MR) is 72.5 cm³/mol. The first kappa shape index (κ1) is 13.8. The van der Waals surface area contributed by atoms with Crippen molar-refractivity contribution in [3.8, 4) is 0 Å². The molecule has 0 aromatic heterocycles. The van der Waals surface area contributed by atoms with Gasteiger partial charge in [-0.15, -0.1) is 0 Å². The Kier molecular flexibility index (Phi) is 4.50. The van der Waals surface area contributed by atoms with Gasteiger partial charge in [0, 0.05) is 30.5 Å². The minimum absolute atomic E-state index is 0.162. The molecule has 1 atom stereocenters. The lowest BCUT2D eigenvalue weighted by atomic mass is 10.1. The fourth-order valence-electron chi connectivity index (χ4n) is 2.62. The van der Waals surface area contributed by atoms with Crippen LogP contribution >= 0.6 is 15.9 Å². The summed E-state index contributed by atoms with van der Waals surface area (Å²) in [6, 6.07) is 0.162. The van der Waals surface area contributed by atoms with Gasteiger partial charge in [0.05, 0.1) is 0 Å². The van der Waals surface area contributed by atoms with E-state index in [-0.39, 0.29) is 6.04 Å². The number of hydrogen-bond acceptors (Lipinski definition) is 2. The Morgan fingerprint density at radius 3 is 2.29 bits per heavy atom.